The fourth-order valence-corrected chi connectivity index (χ4v) is 5.96. The van der Waals surface area contributed by atoms with Crippen molar-refractivity contribution in [1.29, 1.82) is 0 Å². The third kappa shape index (κ3) is 3.57. The van der Waals surface area contributed by atoms with E-state index in [0.29, 0.717) is 23.3 Å². The average molecular weight is 449 g/mol. The molecule has 6 rings (SSSR count). The molecule has 0 unspecified atom stereocenters. The van der Waals surface area contributed by atoms with E-state index in [1.54, 1.807) is 24.3 Å². The molecule has 1 aliphatic carbocycles. The summed E-state index contributed by atoms with van der Waals surface area (Å²) in [6.07, 6.45) is 2.93. The van der Waals surface area contributed by atoms with Crippen molar-refractivity contribution in [1.82, 2.24) is 0 Å². The van der Waals surface area contributed by atoms with Crippen LogP contribution in [0.15, 0.2) is 24.3 Å². The number of ether oxygens (including phenoxy) is 5. The highest BCUT2D eigenvalue weighted by Crippen LogP contribution is 2.60. The van der Waals surface area contributed by atoms with Crippen molar-refractivity contribution >= 4 is 5.97 Å². The van der Waals surface area contributed by atoms with E-state index < -0.39 is 29.9 Å². The lowest BCUT2D eigenvalue weighted by Gasteiger charge is -2.60. The summed E-state index contributed by atoms with van der Waals surface area (Å²) in [6, 6.07) is 7.13. The van der Waals surface area contributed by atoms with Crippen LogP contribution in [0, 0.1) is 23.7 Å². The van der Waals surface area contributed by atoms with Crippen molar-refractivity contribution in [2.24, 2.45) is 23.7 Å². The molecule has 4 saturated heterocycles. The molecule has 5 aliphatic rings. The normalized spacial score (nSPS) is 42.5. The number of hydrogen-bond donors (Lipinski definition) is 0. The predicted molar refractivity (Wildman–Crippen MR) is 111 cm³/mol. The smallest absolute Gasteiger partial charge is 0.343 e. The van der Waals surface area contributed by atoms with Crippen LogP contribution in [0.2, 0.25) is 0 Å². The number of carbonyl (C=O) groups is 1. The van der Waals surface area contributed by atoms with Crippen LogP contribution in [0.1, 0.15) is 46.5 Å². The van der Waals surface area contributed by atoms with Gasteiger partial charge in [0.2, 0.25) is 12.1 Å². The summed E-state index contributed by atoms with van der Waals surface area (Å²) in [5, 5.41) is 0. The van der Waals surface area contributed by atoms with Gasteiger partial charge in [-0.3, -0.25) is 0 Å². The summed E-state index contributed by atoms with van der Waals surface area (Å²) in [5.41, 5.74) is -0.599. The van der Waals surface area contributed by atoms with Crippen LogP contribution in [-0.2, 0) is 28.8 Å². The van der Waals surface area contributed by atoms with Gasteiger partial charge in [-0.2, -0.15) is 0 Å². The Kier molecular flexibility index (Phi) is 5.60. The van der Waals surface area contributed by atoms with Gasteiger partial charge in [-0.15, -0.1) is 0 Å². The molecule has 1 saturated carbocycles. The zero-order chi connectivity index (χ0) is 22.5. The van der Waals surface area contributed by atoms with E-state index >= 15 is 0 Å². The Morgan fingerprint density at radius 2 is 1.81 bits per heavy atom. The molecule has 0 aromatic heterocycles. The van der Waals surface area contributed by atoms with Crippen LogP contribution in [0.5, 0.6) is 11.5 Å². The number of carbonyl (C=O) groups excluding carboxylic acids is 1. The van der Waals surface area contributed by atoms with Crippen molar-refractivity contribution in [3.8, 4) is 11.5 Å². The van der Waals surface area contributed by atoms with E-state index in [2.05, 4.69) is 18.6 Å². The van der Waals surface area contributed by atoms with Crippen LogP contribution < -0.4 is 9.47 Å². The molecule has 8 nitrogen and oxygen atoms in total. The third-order valence-corrected chi connectivity index (χ3v) is 7.76. The first kappa shape index (κ1) is 21.9. The molecule has 5 fully saturated rings. The number of hydrogen-bond acceptors (Lipinski definition) is 8. The summed E-state index contributed by atoms with van der Waals surface area (Å²) in [6.45, 7) is 6.24. The highest BCUT2D eigenvalue weighted by molar-refractivity contribution is 5.70. The topological polar surface area (TPSA) is 81.7 Å². The number of benzene rings is 1. The highest BCUT2D eigenvalue weighted by atomic mass is 17.3. The number of rotatable bonds is 5. The quantitative estimate of drug-likeness (QED) is 0.497. The second kappa shape index (κ2) is 8.17. The fourth-order valence-electron chi connectivity index (χ4n) is 5.96. The number of methoxy groups -OCH3 is 1. The van der Waals surface area contributed by atoms with Gasteiger partial charge in [-0.05, 0) is 62.3 Å². The summed E-state index contributed by atoms with van der Waals surface area (Å²) >= 11 is 0. The maximum absolute atomic E-state index is 11.3. The van der Waals surface area contributed by atoms with Crippen LogP contribution >= 0.6 is 0 Å². The standard InChI is InChI=1S/C24H32O8/c1-14-5-10-19-15(2)21(28-17-8-6-16(7-9-17)27-13-20(25)26-4)29-22-24(19)18(14)11-12-23(3,30-22)31-32-24/h6-9,14-15,18-19,21-22H,5,10-13H2,1-4H3/t14-,15-,18+,19+,21+,22-,23-,24-/m1/s1. The zero-order valence-corrected chi connectivity index (χ0v) is 19.1. The van der Waals surface area contributed by atoms with Gasteiger partial charge in [0.15, 0.2) is 18.5 Å². The lowest BCUT2D eigenvalue weighted by Crippen LogP contribution is -2.70. The van der Waals surface area contributed by atoms with E-state index in [4.69, 9.17) is 28.7 Å². The molecule has 4 heterocycles. The van der Waals surface area contributed by atoms with Crippen molar-refractivity contribution in [2.75, 3.05) is 13.7 Å². The Balaban J connectivity index is 1.34. The Hall–Kier alpha value is -1.87. The molecular weight excluding hydrogens is 416 g/mol. The molecule has 4 aliphatic heterocycles. The van der Waals surface area contributed by atoms with Crippen molar-refractivity contribution in [2.45, 2.75) is 70.4 Å². The Morgan fingerprint density at radius 1 is 1.06 bits per heavy atom. The zero-order valence-electron chi connectivity index (χ0n) is 19.1. The summed E-state index contributed by atoms with van der Waals surface area (Å²) < 4.78 is 29.1. The monoisotopic (exact) mass is 448 g/mol. The lowest BCUT2D eigenvalue weighted by atomic mass is 9.58. The molecule has 1 spiro atoms. The fraction of sp³-hybridized carbons (Fsp3) is 0.708. The SMILES string of the molecule is COC(=O)COc1ccc(O[C@H]2O[C@@H]3O[C@@]4(C)CC[C@H]5[C@H](C)CC[C@@H]([C@H]2C)[C@@]35OO4)cc1. The third-order valence-electron chi connectivity index (χ3n) is 7.76. The minimum Gasteiger partial charge on any atom is -0.482 e. The first-order chi connectivity index (χ1) is 15.3. The molecule has 32 heavy (non-hydrogen) atoms. The molecule has 8 atom stereocenters. The van der Waals surface area contributed by atoms with Gasteiger partial charge in [0.05, 0.1) is 7.11 Å². The average Bonchev–Trinajstić information content (AvgIpc) is 3.02. The summed E-state index contributed by atoms with van der Waals surface area (Å²) in [5.74, 6) is 1.13. The van der Waals surface area contributed by atoms with Crippen LogP contribution in [0.25, 0.3) is 0 Å². The Labute approximate surface area is 188 Å². The first-order valence-corrected chi connectivity index (χ1v) is 11.5. The first-order valence-electron chi connectivity index (χ1n) is 11.5. The van der Waals surface area contributed by atoms with Crippen molar-refractivity contribution in [3.63, 3.8) is 0 Å². The number of esters is 1. The van der Waals surface area contributed by atoms with E-state index in [-0.39, 0.29) is 18.4 Å². The van der Waals surface area contributed by atoms with E-state index in [0.717, 1.165) is 25.7 Å². The van der Waals surface area contributed by atoms with Crippen LogP contribution in [-0.4, -0.2) is 43.7 Å². The molecule has 1 aromatic carbocycles. The minimum atomic E-state index is -0.804. The molecule has 0 radical (unpaired) electrons. The van der Waals surface area contributed by atoms with E-state index in [9.17, 15) is 4.79 Å². The van der Waals surface area contributed by atoms with Gasteiger partial charge in [0.1, 0.15) is 11.5 Å². The van der Waals surface area contributed by atoms with Crippen LogP contribution in [0.4, 0.5) is 0 Å². The molecule has 0 N–H and O–H groups in total. The van der Waals surface area contributed by atoms with Crippen molar-refractivity contribution < 1.29 is 38.3 Å². The predicted octanol–water partition coefficient (Wildman–Crippen LogP) is 3.83. The van der Waals surface area contributed by atoms with Crippen molar-refractivity contribution in [3.05, 3.63) is 24.3 Å². The maximum atomic E-state index is 11.3. The molecule has 1 aromatic rings. The minimum absolute atomic E-state index is 0.0890. The van der Waals surface area contributed by atoms with Gasteiger partial charge in [-0.25, -0.2) is 14.6 Å². The second-order valence-electron chi connectivity index (χ2n) is 9.73. The molecule has 2 bridgehead atoms. The van der Waals surface area contributed by atoms with Crippen LogP contribution in [0.3, 0.4) is 0 Å². The van der Waals surface area contributed by atoms with E-state index in [1.807, 2.05) is 6.92 Å². The molecule has 0 amide bonds. The molecular formula is C24H32O8. The lowest BCUT2D eigenvalue weighted by molar-refractivity contribution is -0.575. The van der Waals surface area contributed by atoms with Gasteiger partial charge < -0.3 is 23.7 Å². The molecule has 176 valence electrons. The summed E-state index contributed by atoms with van der Waals surface area (Å²) in [7, 11) is 1.33. The number of fused-ring (bicyclic) bond motifs is 2. The maximum Gasteiger partial charge on any atom is 0.343 e. The van der Waals surface area contributed by atoms with E-state index in [1.165, 1.54) is 7.11 Å². The van der Waals surface area contributed by atoms with Gasteiger partial charge in [0, 0.05) is 18.3 Å². The van der Waals surface area contributed by atoms with Gasteiger partial charge in [-0.1, -0.05) is 13.8 Å². The largest absolute Gasteiger partial charge is 0.482 e. The van der Waals surface area contributed by atoms with Gasteiger partial charge in [0.25, 0.3) is 0 Å². The van der Waals surface area contributed by atoms with Gasteiger partial charge >= 0.3 is 5.97 Å². The Morgan fingerprint density at radius 3 is 2.56 bits per heavy atom. The molecule has 8 heteroatoms. The highest BCUT2D eigenvalue weighted by Gasteiger charge is 2.69. The summed E-state index contributed by atoms with van der Waals surface area (Å²) in [4.78, 5) is 23.3. The second-order valence-corrected chi connectivity index (χ2v) is 9.73. The Bertz CT molecular complexity index is 843.